The van der Waals surface area contributed by atoms with Crippen molar-refractivity contribution >= 4 is 64.0 Å². The van der Waals surface area contributed by atoms with E-state index in [0.29, 0.717) is 6.54 Å². The van der Waals surface area contributed by atoms with E-state index in [1.165, 1.54) is 0 Å². The fourth-order valence-corrected chi connectivity index (χ4v) is 2.20. The lowest BCUT2D eigenvalue weighted by Gasteiger charge is -2.08. The molecule has 0 amide bonds. The number of hydrogen-bond acceptors (Lipinski definition) is 3. The number of hydrogen-bond donors (Lipinski definition) is 3. The van der Waals surface area contributed by atoms with Crippen molar-refractivity contribution in [2.24, 2.45) is 0 Å². The molecule has 0 aromatic heterocycles. The minimum absolute atomic E-state index is 0.0617. The van der Waals surface area contributed by atoms with E-state index in [9.17, 15) is 4.79 Å². The molecule has 0 saturated carbocycles. The molecule has 0 atom stereocenters. The van der Waals surface area contributed by atoms with E-state index < -0.39 is 5.97 Å². The van der Waals surface area contributed by atoms with Gasteiger partial charge in [0, 0.05) is 6.54 Å². The Morgan fingerprint density at radius 3 is 1.58 bits per heavy atom. The van der Waals surface area contributed by atoms with Crippen molar-refractivity contribution in [3.8, 4) is 0 Å². The highest BCUT2D eigenvalue weighted by molar-refractivity contribution is 6.56. The first-order valence-corrected chi connectivity index (χ1v) is 6.68. The first-order chi connectivity index (χ1) is 8.79. The number of carbonyl (C=O) groups is 1. The molecule has 0 spiro atoms. The average Bonchev–Trinajstić information content (AvgIpc) is 2.35. The van der Waals surface area contributed by atoms with E-state index in [1.807, 2.05) is 0 Å². The third-order valence-corrected chi connectivity index (χ3v) is 4.06. The molecule has 1 aromatic rings. The fraction of sp³-hybridized carbons (Fsp3) is 0.300. The molecule has 0 aliphatic rings. The van der Waals surface area contributed by atoms with Crippen molar-refractivity contribution in [3.05, 3.63) is 30.7 Å². The van der Waals surface area contributed by atoms with Crippen LogP contribution in [0.25, 0.3) is 0 Å². The van der Waals surface area contributed by atoms with E-state index in [1.54, 1.807) is 7.05 Å². The summed E-state index contributed by atoms with van der Waals surface area (Å²) < 4.78 is 0. The highest BCUT2D eigenvalue weighted by Crippen LogP contribution is 2.43. The van der Waals surface area contributed by atoms with Crippen LogP contribution in [-0.2, 0) is 0 Å². The molecule has 1 rings (SSSR count). The number of carboxylic acids is 1. The van der Waals surface area contributed by atoms with Gasteiger partial charge in [0.1, 0.15) is 0 Å². The van der Waals surface area contributed by atoms with Crippen LogP contribution in [0.3, 0.4) is 0 Å². The van der Waals surface area contributed by atoms with E-state index in [2.05, 4.69) is 5.32 Å². The first kappa shape index (κ1) is 19.1. The standard InChI is InChI=1S/C7HCl5O2.C3H9NO/c8-2-1(7(13)14)3(9)5(11)6(12)4(2)10;1-4-2-3-5/h(H,13,14);4-5H,2-3H2,1H3. The summed E-state index contributed by atoms with van der Waals surface area (Å²) in [5.41, 5.74) is -0.354. The Hall–Kier alpha value is 0.0600. The summed E-state index contributed by atoms with van der Waals surface area (Å²) in [6.45, 7) is 0.927. The van der Waals surface area contributed by atoms with Gasteiger partial charge >= 0.3 is 5.97 Å². The van der Waals surface area contributed by atoms with Crippen LogP contribution >= 0.6 is 58.0 Å². The monoisotopic (exact) mass is 367 g/mol. The number of carboxylic acid groups (broad SMARTS) is 1. The molecular weight excluding hydrogens is 359 g/mol. The maximum Gasteiger partial charge on any atom is 0.338 e. The van der Waals surface area contributed by atoms with Gasteiger partial charge in [0.15, 0.2) is 0 Å². The second-order valence-corrected chi connectivity index (χ2v) is 4.97. The van der Waals surface area contributed by atoms with Gasteiger partial charge in [0.2, 0.25) is 0 Å². The van der Waals surface area contributed by atoms with Crippen molar-refractivity contribution in [2.75, 3.05) is 20.2 Å². The Bertz CT molecular complexity index is 436. The summed E-state index contributed by atoms with van der Waals surface area (Å²) in [4.78, 5) is 10.7. The molecule has 19 heavy (non-hydrogen) atoms. The van der Waals surface area contributed by atoms with Gasteiger partial charge in [-0.25, -0.2) is 4.79 Å². The van der Waals surface area contributed by atoms with Gasteiger partial charge in [-0.2, -0.15) is 0 Å². The molecule has 4 nitrogen and oxygen atoms in total. The van der Waals surface area contributed by atoms with E-state index in [0.717, 1.165) is 0 Å². The zero-order valence-electron chi connectivity index (χ0n) is 9.61. The first-order valence-electron chi connectivity index (χ1n) is 4.79. The minimum atomic E-state index is -1.32. The summed E-state index contributed by atoms with van der Waals surface area (Å²) in [5, 5.41) is 18.8. The van der Waals surface area contributed by atoms with Crippen LogP contribution in [0, 0.1) is 0 Å². The highest BCUT2D eigenvalue weighted by atomic mass is 35.5. The maximum absolute atomic E-state index is 10.7. The Kier molecular flexibility index (Phi) is 9.11. The summed E-state index contributed by atoms with van der Waals surface area (Å²) in [7, 11) is 1.80. The smallest absolute Gasteiger partial charge is 0.338 e. The van der Waals surface area contributed by atoms with Gasteiger partial charge in [-0.15, -0.1) is 0 Å². The quantitative estimate of drug-likeness (QED) is 0.559. The molecule has 0 bridgehead atoms. The largest absolute Gasteiger partial charge is 0.478 e. The third kappa shape index (κ3) is 5.16. The Morgan fingerprint density at radius 1 is 1.00 bits per heavy atom. The zero-order chi connectivity index (χ0) is 15.2. The number of likely N-dealkylation sites (N-methyl/N-ethyl adjacent to an activating group) is 1. The summed E-state index contributed by atoms with van der Waals surface area (Å²) in [5.74, 6) is -1.32. The van der Waals surface area contributed by atoms with E-state index in [4.69, 9.17) is 68.2 Å². The molecule has 108 valence electrons. The van der Waals surface area contributed by atoms with Crippen LogP contribution in [0.4, 0.5) is 0 Å². The SMILES string of the molecule is CNCCO.O=C(O)c1c(Cl)c(Cl)c(Cl)c(Cl)c1Cl. The number of aliphatic hydroxyl groups excluding tert-OH is 1. The Balaban J connectivity index is 0.000000555. The van der Waals surface area contributed by atoms with Crippen LogP contribution in [0.15, 0.2) is 0 Å². The summed E-state index contributed by atoms with van der Waals surface area (Å²) in [6, 6.07) is 0. The molecule has 0 radical (unpaired) electrons. The molecule has 9 heteroatoms. The number of benzene rings is 1. The normalized spacial score (nSPS) is 9.84. The number of aliphatic hydroxyl groups is 1. The van der Waals surface area contributed by atoms with Gasteiger partial charge in [-0.05, 0) is 7.05 Å². The van der Waals surface area contributed by atoms with Crippen LogP contribution in [-0.4, -0.2) is 36.4 Å². The predicted octanol–water partition coefficient (Wildman–Crippen LogP) is 3.85. The van der Waals surface area contributed by atoms with Crippen molar-refractivity contribution in [2.45, 2.75) is 0 Å². The average molecular weight is 369 g/mol. The number of nitrogens with one attached hydrogen (secondary N) is 1. The van der Waals surface area contributed by atoms with Gasteiger partial charge in [0.25, 0.3) is 0 Å². The predicted molar refractivity (Wildman–Crippen MR) is 79.5 cm³/mol. The number of rotatable bonds is 3. The van der Waals surface area contributed by atoms with Gasteiger partial charge in [0.05, 0.1) is 37.3 Å². The zero-order valence-corrected chi connectivity index (χ0v) is 13.4. The molecule has 0 aliphatic carbocycles. The molecule has 0 aliphatic heterocycles. The maximum atomic E-state index is 10.7. The Labute approximate surface area is 135 Å². The molecular formula is C10H10Cl5NO3. The fourth-order valence-electron chi connectivity index (χ4n) is 0.904. The lowest BCUT2D eigenvalue weighted by atomic mass is 10.2. The Morgan fingerprint density at radius 2 is 1.37 bits per heavy atom. The molecule has 0 saturated heterocycles. The molecule has 0 fully saturated rings. The lowest BCUT2D eigenvalue weighted by molar-refractivity contribution is 0.0697. The van der Waals surface area contributed by atoms with Crippen molar-refractivity contribution in [3.63, 3.8) is 0 Å². The topological polar surface area (TPSA) is 69.6 Å². The molecule has 0 heterocycles. The second-order valence-electron chi connectivity index (χ2n) is 3.08. The van der Waals surface area contributed by atoms with Gasteiger partial charge in [-0.3, -0.25) is 0 Å². The van der Waals surface area contributed by atoms with Gasteiger partial charge in [-0.1, -0.05) is 58.0 Å². The van der Waals surface area contributed by atoms with E-state index >= 15 is 0 Å². The molecule has 0 unspecified atom stereocenters. The second kappa shape index (κ2) is 9.08. The summed E-state index contributed by atoms with van der Waals surface area (Å²) in [6.07, 6.45) is 0. The van der Waals surface area contributed by atoms with Crippen LogP contribution < -0.4 is 5.32 Å². The van der Waals surface area contributed by atoms with E-state index in [-0.39, 0.29) is 37.3 Å². The van der Waals surface area contributed by atoms with Crippen molar-refractivity contribution in [1.29, 1.82) is 0 Å². The lowest BCUT2D eigenvalue weighted by Crippen LogP contribution is -2.10. The van der Waals surface area contributed by atoms with Crippen LogP contribution in [0.1, 0.15) is 10.4 Å². The third-order valence-electron chi connectivity index (χ3n) is 1.79. The number of halogens is 5. The molecule has 3 N–H and O–H groups in total. The summed E-state index contributed by atoms with van der Waals surface area (Å²) >= 11 is 28.2. The van der Waals surface area contributed by atoms with Crippen LogP contribution in [0.5, 0.6) is 0 Å². The molecule has 1 aromatic carbocycles. The minimum Gasteiger partial charge on any atom is -0.478 e. The van der Waals surface area contributed by atoms with Crippen molar-refractivity contribution in [1.82, 2.24) is 5.32 Å². The van der Waals surface area contributed by atoms with Crippen molar-refractivity contribution < 1.29 is 15.0 Å². The van der Waals surface area contributed by atoms with Crippen LogP contribution in [0.2, 0.25) is 25.1 Å². The van der Waals surface area contributed by atoms with Gasteiger partial charge < -0.3 is 15.5 Å². The number of aromatic carboxylic acids is 1. The highest BCUT2D eigenvalue weighted by Gasteiger charge is 2.23.